The molecule has 0 amide bonds. The summed E-state index contributed by atoms with van der Waals surface area (Å²) in [7, 11) is 1.72. The molecule has 3 nitrogen and oxygen atoms in total. The van der Waals surface area contributed by atoms with Crippen LogP contribution in [0.25, 0.3) is 0 Å². The van der Waals surface area contributed by atoms with Gasteiger partial charge in [0, 0.05) is 12.5 Å². The fraction of sp³-hybridized carbons (Fsp3) is 0.938. The lowest BCUT2D eigenvalue weighted by molar-refractivity contribution is -0.238. The first kappa shape index (κ1) is 14.8. The van der Waals surface area contributed by atoms with Gasteiger partial charge in [0.1, 0.15) is 0 Å². The molecule has 19 heavy (non-hydrogen) atoms. The zero-order valence-electron chi connectivity index (χ0n) is 12.9. The van der Waals surface area contributed by atoms with E-state index in [0.717, 1.165) is 19.3 Å². The molecule has 1 aliphatic heterocycles. The Labute approximate surface area is 117 Å². The molecule has 1 saturated carbocycles. The van der Waals surface area contributed by atoms with Gasteiger partial charge in [-0.15, -0.1) is 0 Å². The lowest BCUT2D eigenvalue weighted by Gasteiger charge is -2.59. The number of fused-ring (bicyclic) bond motifs is 1. The molecule has 0 aromatic carbocycles. The van der Waals surface area contributed by atoms with Gasteiger partial charge in [-0.1, -0.05) is 20.8 Å². The van der Waals surface area contributed by atoms with E-state index in [1.807, 2.05) is 0 Å². The van der Waals surface area contributed by atoms with Crippen LogP contribution < -0.4 is 0 Å². The van der Waals surface area contributed by atoms with Crippen molar-refractivity contribution in [2.75, 3.05) is 7.11 Å². The van der Waals surface area contributed by atoms with Crippen LogP contribution in [0.15, 0.2) is 0 Å². The maximum atomic E-state index is 9.51. The Morgan fingerprint density at radius 1 is 1.42 bits per heavy atom. The van der Waals surface area contributed by atoms with Crippen molar-refractivity contribution in [2.24, 2.45) is 16.7 Å². The lowest BCUT2D eigenvalue weighted by atomic mass is 9.53. The molecular formula is C16H27NO2. The highest BCUT2D eigenvalue weighted by Crippen LogP contribution is 2.57. The summed E-state index contributed by atoms with van der Waals surface area (Å²) < 4.78 is 12.0. The first-order chi connectivity index (χ1) is 8.91. The average Bonchev–Trinajstić information content (AvgIpc) is 2.39. The Bertz CT molecular complexity index is 373. The standard InChI is InChI=1S/C16H27NO2/c1-6-16-8-7-11(2)19-14(16)15(3,4)13(18-5)12(9-16)10-17/h11-14H,6-9H2,1-5H3/t11?,12?,13?,14-,16?/m0/s1. The molecule has 1 heterocycles. The normalized spacial score (nSPS) is 45.3. The maximum Gasteiger partial charge on any atom is 0.0805 e. The summed E-state index contributed by atoms with van der Waals surface area (Å²) in [5.41, 5.74) is 0.0452. The van der Waals surface area contributed by atoms with Crippen molar-refractivity contribution in [3.63, 3.8) is 0 Å². The monoisotopic (exact) mass is 265 g/mol. The molecule has 0 N–H and O–H groups in total. The summed E-state index contributed by atoms with van der Waals surface area (Å²) >= 11 is 0. The van der Waals surface area contributed by atoms with Crippen molar-refractivity contribution >= 4 is 0 Å². The van der Waals surface area contributed by atoms with Crippen molar-refractivity contribution in [1.82, 2.24) is 0 Å². The molecule has 2 fully saturated rings. The van der Waals surface area contributed by atoms with Crippen LogP contribution >= 0.6 is 0 Å². The Morgan fingerprint density at radius 3 is 2.63 bits per heavy atom. The van der Waals surface area contributed by atoms with Crippen LogP contribution in [0.4, 0.5) is 0 Å². The minimum atomic E-state index is -0.113. The largest absolute Gasteiger partial charge is 0.379 e. The average molecular weight is 265 g/mol. The van der Waals surface area contributed by atoms with E-state index in [1.165, 1.54) is 6.42 Å². The van der Waals surface area contributed by atoms with E-state index < -0.39 is 0 Å². The third kappa shape index (κ3) is 2.19. The highest BCUT2D eigenvalue weighted by atomic mass is 16.5. The minimum Gasteiger partial charge on any atom is -0.379 e. The molecule has 0 bridgehead atoms. The van der Waals surface area contributed by atoms with Crippen molar-refractivity contribution < 1.29 is 9.47 Å². The second kappa shape index (κ2) is 5.07. The molecule has 2 aliphatic rings. The van der Waals surface area contributed by atoms with Crippen LogP contribution in [0, 0.1) is 28.1 Å². The quantitative estimate of drug-likeness (QED) is 0.767. The second-order valence-corrected chi connectivity index (χ2v) is 7.00. The van der Waals surface area contributed by atoms with Crippen LogP contribution in [0.2, 0.25) is 0 Å². The molecule has 108 valence electrons. The second-order valence-electron chi connectivity index (χ2n) is 7.00. The highest BCUT2D eigenvalue weighted by Gasteiger charge is 2.59. The van der Waals surface area contributed by atoms with Gasteiger partial charge in [0.25, 0.3) is 0 Å². The maximum absolute atomic E-state index is 9.51. The summed E-state index contributed by atoms with van der Waals surface area (Å²) in [5, 5.41) is 9.51. The lowest BCUT2D eigenvalue weighted by Crippen LogP contribution is -2.62. The summed E-state index contributed by atoms with van der Waals surface area (Å²) in [6.07, 6.45) is 4.77. The first-order valence-corrected chi connectivity index (χ1v) is 7.49. The van der Waals surface area contributed by atoms with E-state index in [1.54, 1.807) is 7.11 Å². The number of ether oxygens (including phenoxy) is 2. The molecule has 1 aliphatic carbocycles. The number of rotatable bonds is 2. The van der Waals surface area contributed by atoms with E-state index in [2.05, 4.69) is 33.8 Å². The van der Waals surface area contributed by atoms with Gasteiger partial charge in [0.15, 0.2) is 0 Å². The molecule has 2 rings (SSSR count). The van der Waals surface area contributed by atoms with Crippen LogP contribution in [-0.2, 0) is 9.47 Å². The van der Waals surface area contributed by atoms with E-state index in [0.29, 0.717) is 6.10 Å². The minimum absolute atomic E-state index is 0.0202. The Morgan fingerprint density at radius 2 is 2.11 bits per heavy atom. The van der Waals surface area contributed by atoms with E-state index in [-0.39, 0.29) is 29.0 Å². The summed E-state index contributed by atoms with van der Waals surface area (Å²) in [6, 6.07) is 2.48. The third-order valence-corrected chi connectivity index (χ3v) is 5.50. The van der Waals surface area contributed by atoms with Crippen LogP contribution in [0.3, 0.4) is 0 Å². The highest BCUT2D eigenvalue weighted by molar-refractivity contribution is 5.12. The van der Waals surface area contributed by atoms with Gasteiger partial charge >= 0.3 is 0 Å². The fourth-order valence-corrected chi connectivity index (χ4v) is 4.54. The Hall–Kier alpha value is -0.590. The Kier molecular flexibility index (Phi) is 3.95. The van der Waals surface area contributed by atoms with E-state index in [4.69, 9.17) is 9.47 Å². The van der Waals surface area contributed by atoms with Crippen molar-refractivity contribution in [3.8, 4) is 6.07 Å². The summed E-state index contributed by atoms with van der Waals surface area (Å²) in [4.78, 5) is 0. The van der Waals surface area contributed by atoms with Crippen molar-refractivity contribution in [3.05, 3.63) is 0 Å². The zero-order valence-corrected chi connectivity index (χ0v) is 12.9. The number of hydrogen-bond acceptors (Lipinski definition) is 3. The smallest absolute Gasteiger partial charge is 0.0805 e. The van der Waals surface area contributed by atoms with Crippen LogP contribution in [0.1, 0.15) is 53.4 Å². The molecular weight excluding hydrogens is 238 g/mol. The SMILES string of the molecule is CCC12CCC(C)O[C@H]1C(C)(C)C(OC)C(C#N)C2. The van der Waals surface area contributed by atoms with Gasteiger partial charge in [0.2, 0.25) is 0 Å². The molecule has 4 unspecified atom stereocenters. The van der Waals surface area contributed by atoms with Gasteiger partial charge in [-0.3, -0.25) is 0 Å². The molecule has 0 spiro atoms. The Balaban J connectivity index is 2.41. The van der Waals surface area contributed by atoms with Crippen molar-refractivity contribution in [2.45, 2.75) is 71.7 Å². The van der Waals surface area contributed by atoms with Gasteiger partial charge in [-0.25, -0.2) is 0 Å². The van der Waals surface area contributed by atoms with Crippen molar-refractivity contribution in [1.29, 1.82) is 5.26 Å². The fourth-order valence-electron chi connectivity index (χ4n) is 4.54. The number of nitrogens with zero attached hydrogens (tertiary/aromatic N) is 1. The molecule has 0 aromatic rings. The third-order valence-electron chi connectivity index (χ3n) is 5.50. The number of nitriles is 1. The van der Waals surface area contributed by atoms with Gasteiger partial charge < -0.3 is 9.47 Å². The topological polar surface area (TPSA) is 42.2 Å². The summed E-state index contributed by atoms with van der Waals surface area (Å²) in [6.45, 7) is 8.81. The van der Waals surface area contributed by atoms with Gasteiger partial charge in [0.05, 0.1) is 30.3 Å². The number of hydrogen-bond donors (Lipinski definition) is 0. The predicted molar refractivity (Wildman–Crippen MR) is 74.6 cm³/mol. The predicted octanol–water partition coefficient (Wildman–Crippen LogP) is 3.53. The van der Waals surface area contributed by atoms with E-state index >= 15 is 0 Å². The molecule has 0 aromatic heterocycles. The van der Waals surface area contributed by atoms with Gasteiger partial charge in [-0.2, -0.15) is 5.26 Å². The molecule has 0 radical (unpaired) electrons. The summed E-state index contributed by atoms with van der Waals surface area (Å²) in [5.74, 6) is -0.0202. The molecule has 5 atom stereocenters. The van der Waals surface area contributed by atoms with Crippen LogP contribution in [-0.4, -0.2) is 25.4 Å². The molecule has 3 heteroatoms. The van der Waals surface area contributed by atoms with Crippen LogP contribution in [0.5, 0.6) is 0 Å². The number of methoxy groups -OCH3 is 1. The van der Waals surface area contributed by atoms with Gasteiger partial charge in [-0.05, 0) is 38.0 Å². The van der Waals surface area contributed by atoms with E-state index in [9.17, 15) is 5.26 Å². The first-order valence-electron chi connectivity index (χ1n) is 7.49. The zero-order chi connectivity index (χ0) is 14.3. The molecule has 1 saturated heterocycles.